The Labute approximate surface area is 145 Å². The number of hydrogen-bond donors (Lipinski definition) is 2. The number of carbonyl (C=O) groups is 1. The maximum atomic E-state index is 13.3. The fraction of sp³-hybridized carbons (Fsp3) is 0.312. The quantitative estimate of drug-likeness (QED) is 0.875. The Hall–Kier alpha value is -3.02. The molecule has 0 radical (unpaired) electrons. The molecule has 2 rings (SSSR count). The van der Waals surface area contributed by atoms with Gasteiger partial charge in [0.25, 0.3) is 0 Å². The highest BCUT2D eigenvalue weighted by atomic mass is 19.4. The third kappa shape index (κ3) is 3.42. The van der Waals surface area contributed by atoms with Crippen LogP contribution in [-0.2, 0) is 4.79 Å². The number of aromatic nitrogens is 2. The first kappa shape index (κ1) is 14.3. The van der Waals surface area contributed by atoms with E-state index >= 15 is 0 Å². The van der Waals surface area contributed by atoms with Gasteiger partial charge < -0.3 is 10.8 Å². The third-order valence-corrected chi connectivity index (χ3v) is 3.67. The highest BCUT2D eigenvalue weighted by Crippen LogP contribution is 2.35. The van der Waals surface area contributed by atoms with Gasteiger partial charge in [0.05, 0.1) is 5.92 Å². The summed E-state index contributed by atoms with van der Waals surface area (Å²) in [5.41, 5.74) is 5.60. The predicted molar refractivity (Wildman–Crippen MR) is 83.6 cm³/mol. The zero-order chi connectivity index (χ0) is 21.4. The van der Waals surface area contributed by atoms with E-state index < -0.39 is 42.3 Å². The van der Waals surface area contributed by atoms with Crippen molar-refractivity contribution in [2.45, 2.75) is 31.9 Å². The number of carboxylic acids is 1. The van der Waals surface area contributed by atoms with Crippen LogP contribution in [-0.4, -0.2) is 27.0 Å². The molecular weight excluding hydrogens is 337 g/mol. The van der Waals surface area contributed by atoms with Gasteiger partial charge in [-0.1, -0.05) is 24.3 Å². The monoisotopic (exact) mass is 355 g/mol. The average Bonchev–Trinajstić information content (AvgIpc) is 2.88. The van der Waals surface area contributed by atoms with Crippen molar-refractivity contribution in [2.24, 2.45) is 0 Å². The van der Waals surface area contributed by atoms with E-state index in [0.717, 1.165) is 0 Å². The Morgan fingerprint density at radius 1 is 1.44 bits per heavy atom. The Kier molecular flexibility index (Phi) is 3.71. The van der Waals surface area contributed by atoms with Crippen LogP contribution in [0.1, 0.15) is 41.0 Å². The third-order valence-electron chi connectivity index (χ3n) is 3.67. The second kappa shape index (κ2) is 6.47. The van der Waals surface area contributed by atoms with E-state index in [1.807, 2.05) is 0 Å². The lowest BCUT2D eigenvalue weighted by atomic mass is 9.98. The molecule has 9 heteroatoms. The van der Waals surface area contributed by atoms with Crippen molar-refractivity contribution in [3.05, 3.63) is 35.4 Å². The first-order valence-electron chi connectivity index (χ1n) is 8.47. The second-order valence-electron chi connectivity index (χ2n) is 5.29. The highest BCUT2D eigenvalue weighted by Gasteiger charge is 2.40. The number of nitrogens with zero attached hydrogens (tertiary/aromatic N) is 3. The molecule has 0 fully saturated rings. The Morgan fingerprint density at radius 2 is 2.04 bits per heavy atom. The molecule has 0 aliphatic carbocycles. The van der Waals surface area contributed by atoms with Crippen LogP contribution in [0.2, 0.25) is 0 Å². The summed E-state index contributed by atoms with van der Waals surface area (Å²) in [6.45, 7) is -2.04. The lowest BCUT2D eigenvalue weighted by Crippen LogP contribution is -2.25. The molecule has 2 aromatic rings. The van der Waals surface area contributed by atoms with Gasteiger partial charge in [0, 0.05) is 9.68 Å². The first-order chi connectivity index (χ1) is 12.8. The molecule has 2 atom stereocenters. The first-order valence-corrected chi connectivity index (χ1v) is 6.97. The van der Waals surface area contributed by atoms with Crippen molar-refractivity contribution in [3.8, 4) is 17.3 Å². The van der Waals surface area contributed by atoms with E-state index in [0.29, 0.717) is 5.56 Å². The molecular formula is C16H15F3N4O2. The standard InChI is InChI=1S/C16H15F3N4O2/c1-8(15(24)25)10-3-5-11(6-4-10)13-12(7-20)14(21)23(22-13)9(2)16(17,18)19/h3-6,8-9H,21H2,1-2H3,(H,24,25)/i2D3. The van der Waals surface area contributed by atoms with Crippen LogP contribution < -0.4 is 5.73 Å². The van der Waals surface area contributed by atoms with Crippen molar-refractivity contribution in [2.75, 3.05) is 5.73 Å². The molecule has 0 saturated carbocycles. The predicted octanol–water partition coefficient (Wildman–Crippen LogP) is 3.32. The molecule has 0 aliphatic heterocycles. The van der Waals surface area contributed by atoms with Gasteiger partial charge in [-0.25, -0.2) is 4.68 Å². The van der Waals surface area contributed by atoms with E-state index in [4.69, 9.17) is 15.0 Å². The molecule has 0 bridgehead atoms. The number of anilines is 1. The van der Waals surface area contributed by atoms with Crippen molar-refractivity contribution >= 4 is 11.8 Å². The fourth-order valence-corrected chi connectivity index (χ4v) is 2.17. The van der Waals surface area contributed by atoms with E-state index in [-0.39, 0.29) is 15.9 Å². The van der Waals surface area contributed by atoms with Crippen LogP contribution in [0.4, 0.5) is 19.0 Å². The van der Waals surface area contributed by atoms with E-state index in [2.05, 4.69) is 5.10 Å². The molecule has 132 valence electrons. The lowest BCUT2D eigenvalue weighted by molar-refractivity contribution is -0.164. The number of rotatable bonds is 4. The molecule has 1 heterocycles. The van der Waals surface area contributed by atoms with E-state index in [9.17, 15) is 23.2 Å². The molecule has 0 saturated heterocycles. The van der Waals surface area contributed by atoms with E-state index in [1.165, 1.54) is 31.2 Å². The molecule has 6 nitrogen and oxygen atoms in total. The molecule has 25 heavy (non-hydrogen) atoms. The maximum Gasteiger partial charge on any atom is 0.410 e. The highest BCUT2D eigenvalue weighted by molar-refractivity contribution is 5.77. The normalized spacial score (nSPS) is 16.2. The summed E-state index contributed by atoms with van der Waals surface area (Å²) in [6.07, 6.45) is -5.18. The number of alkyl halides is 3. The van der Waals surface area contributed by atoms with Crippen LogP contribution in [0, 0.1) is 11.3 Å². The second-order valence-corrected chi connectivity index (χ2v) is 5.29. The zero-order valence-corrected chi connectivity index (χ0v) is 12.9. The van der Waals surface area contributed by atoms with Crippen LogP contribution in [0.3, 0.4) is 0 Å². The Balaban J connectivity index is 2.61. The lowest BCUT2D eigenvalue weighted by Gasteiger charge is -2.17. The summed E-state index contributed by atoms with van der Waals surface area (Å²) >= 11 is 0. The molecule has 2 unspecified atom stereocenters. The molecule has 0 spiro atoms. The van der Waals surface area contributed by atoms with Crippen LogP contribution in [0.25, 0.3) is 11.3 Å². The number of halogens is 3. The summed E-state index contributed by atoms with van der Waals surface area (Å²) in [4.78, 5) is 11.0. The maximum absolute atomic E-state index is 13.3. The number of aliphatic carboxylic acids is 1. The van der Waals surface area contributed by atoms with Crippen molar-refractivity contribution in [1.29, 1.82) is 5.26 Å². The van der Waals surface area contributed by atoms with Crippen LogP contribution in [0.5, 0.6) is 0 Å². The Morgan fingerprint density at radius 3 is 2.48 bits per heavy atom. The number of nitrogens with two attached hydrogens (primary N) is 1. The molecule has 1 aromatic heterocycles. The number of nitriles is 1. The number of hydrogen-bond acceptors (Lipinski definition) is 4. The van der Waals surface area contributed by atoms with Gasteiger partial charge in [-0.15, -0.1) is 0 Å². The van der Waals surface area contributed by atoms with Gasteiger partial charge in [-0.3, -0.25) is 4.79 Å². The smallest absolute Gasteiger partial charge is 0.410 e. The summed E-state index contributed by atoms with van der Waals surface area (Å²) in [5.74, 6) is -2.61. The summed E-state index contributed by atoms with van der Waals surface area (Å²) < 4.78 is 61.7. The summed E-state index contributed by atoms with van der Waals surface area (Å²) in [5, 5.41) is 22.0. The van der Waals surface area contributed by atoms with Gasteiger partial charge in [-0.2, -0.15) is 23.5 Å². The largest absolute Gasteiger partial charge is 0.481 e. The number of carboxylic acid groups (broad SMARTS) is 1. The van der Waals surface area contributed by atoms with Crippen molar-refractivity contribution < 1.29 is 27.2 Å². The van der Waals surface area contributed by atoms with Gasteiger partial charge in [0.2, 0.25) is 0 Å². The van der Waals surface area contributed by atoms with Gasteiger partial charge >= 0.3 is 12.1 Å². The Bertz CT molecular complexity index is 917. The summed E-state index contributed by atoms with van der Waals surface area (Å²) in [7, 11) is 0. The van der Waals surface area contributed by atoms with Gasteiger partial charge in [-0.05, 0) is 19.3 Å². The van der Waals surface area contributed by atoms with Crippen LogP contribution >= 0.6 is 0 Å². The molecule has 1 aromatic carbocycles. The molecule has 3 N–H and O–H groups in total. The van der Waals surface area contributed by atoms with Crippen LogP contribution in [0.15, 0.2) is 24.3 Å². The minimum Gasteiger partial charge on any atom is -0.481 e. The van der Waals surface area contributed by atoms with Crippen molar-refractivity contribution in [3.63, 3.8) is 0 Å². The van der Waals surface area contributed by atoms with E-state index in [1.54, 1.807) is 6.07 Å². The minimum atomic E-state index is -5.18. The summed E-state index contributed by atoms with van der Waals surface area (Å²) in [6, 6.07) is 4.22. The number of benzene rings is 1. The molecule has 0 amide bonds. The minimum absolute atomic E-state index is 0.0919. The zero-order valence-electron chi connectivity index (χ0n) is 15.9. The number of nitrogen functional groups attached to an aromatic ring is 1. The van der Waals surface area contributed by atoms with Gasteiger partial charge in [0.1, 0.15) is 29.2 Å². The van der Waals surface area contributed by atoms with Gasteiger partial charge in [0.15, 0.2) is 0 Å². The topological polar surface area (TPSA) is 105 Å². The SMILES string of the molecule is [2H]C([2H])([2H])C(n1nc(-c2ccc(C(C)C(=O)O)cc2)c(C#N)c1N)C(F)(F)F. The average molecular weight is 355 g/mol. The van der Waals surface area contributed by atoms with Crippen molar-refractivity contribution in [1.82, 2.24) is 9.78 Å². The molecule has 0 aliphatic rings. The fourth-order valence-electron chi connectivity index (χ4n) is 2.17.